The fourth-order valence-corrected chi connectivity index (χ4v) is 6.34. The van der Waals surface area contributed by atoms with E-state index in [9.17, 15) is 0 Å². The van der Waals surface area contributed by atoms with Crippen LogP contribution in [0.25, 0.3) is 57.1 Å². The molecule has 0 bridgehead atoms. The molecule has 49 heavy (non-hydrogen) atoms. The minimum Gasteiger partial charge on any atom is -0.404 e. The maximum atomic E-state index is 5.90. The van der Waals surface area contributed by atoms with Crippen LogP contribution in [-0.4, -0.2) is 16.1 Å². The normalized spacial score (nSPS) is 13.3. The molecule has 0 spiro atoms. The average Bonchev–Trinajstić information content (AvgIpc) is 3.41. The summed E-state index contributed by atoms with van der Waals surface area (Å²) >= 11 is 0. The van der Waals surface area contributed by atoms with Gasteiger partial charge in [-0.25, -0.2) is 0 Å². The number of pyridine rings is 1. The Morgan fingerprint density at radius 2 is 1.61 bits per heavy atom. The molecular formula is C45H42N4. The molecule has 6 rings (SSSR count). The van der Waals surface area contributed by atoms with Crippen LogP contribution < -0.4 is 11.1 Å². The van der Waals surface area contributed by atoms with Gasteiger partial charge in [-0.2, -0.15) is 0 Å². The molecule has 5 aromatic rings. The Hall–Kier alpha value is -6.13. The molecular weight excluding hydrogens is 597 g/mol. The van der Waals surface area contributed by atoms with Gasteiger partial charge in [-0.1, -0.05) is 110 Å². The SMILES string of the molecule is C=C/C(=C\c1c(C)c(C)c(-c2ccc(-c3ccc(C4=CC=CCN4)nc3)cc2C=C)n1-c1ccccc1)c1ccc(C(/C=C\C)=C/N)cc1. The molecule has 2 aromatic heterocycles. The maximum absolute atomic E-state index is 5.90. The number of nitrogens with one attached hydrogen (secondary N) is 1. The molecule has 1 aliphatic heterocycles. The van der Waals surface area contributed by atoms with Crippen LogP contribution in [-0.2, 0) is 0 Å². The van der Waals surface area contributed by atoms with Crippen molar-refractivity contribution in [2.24, 2.45) is 5.73 Å². The average molecular weight is 639 g/mol. The lowest BCUT2D eigenvalue weighted by Gasteiger charge is -2.17. The topological polar surface area (TPSA) is 55.9 Å². The quantitative estimate of drug-likeness (QED) is 0.150. The Kier molecular flexibility index (Phi) is 9.87. The van der Waals surface area contributed by atoms with Gasteiger partial charge in [0.1, 0.15) is 0 Å². The van der Waals surface area contributed by atoms with Crippen molar-refractivity contribution < 1.29 is 0 Å². The Labute approximate surface area is 290 Å². The monoisotopic (exact) mass is 638 g/mol. The van der Waals surface area contributed by atoms with Gasteiger partial charge in [0, 0.05) is 35.8 Å². The van der Waals surface area contributed by atoms with Gasteiger partial charge < -0.3 is 15.6 Å². The summed E-state index contributed by atoms with van der Waals surface area (Å²) in [5, 5.41) is 3.38. The van der Waals surface area contributed by atoms with E-state index in [-0.39, 0.29) is 0 Å². The van der Waals surface area contributed by atoms with Gasteiger partial charge in [0.25, 0.3) is 0 Å². The van der Waals surface area contributed by atoms with Crippen LogP contribution >= 0.6 is 0 Å². The molecule has 0 radical (unpaired) electrons. The molecule has 0 aliphatic carbocycles. The summed E-state index contributed by atoms with van der Waals surface area (Å²) in [6, 6.07) is 29.8. The number of hydrogen-bond donors (Lipinski definition) is 2. The Morgan fingerprint density at radius 3 is 2.22 bits per heavy atom. The van der Waals surface area contributed by atoms with Crippen LogP contribution in [0.15, 0.2) is 147 Å². The first-order chi connectivity index (χ1) is 24.0. The van der Waals surface area contributed by atoms with E-state index < -0.39 is 0 Å². The lowest BCUT2D eigenvalue weighted by molar-refractivity contribution is 0.981. The van der Waals surface area contributed by atoms with Crippen LogP contribution in [0.3, 0.4) is 0 Å². The van der Waals surface area contributed by atoms with Crippen LogP contribution in [0, 0.1) is 13.8 Å². The van der Waals surface area contributed by atoms with Crippen molar-refractivity contribution in [3.05, 3.63) is 186 Å². The highest BCUT2D eigenvalue weighted by molar-refractivity contribution is 5.91. The zero-order chi connectivity index (χ0) is 34.3. The minimum absolute atomic E-state index is 0.813. The largest absolute Gasteiger partial charge is 0.404 e. The van der Waals surface area contributed by atoms with E-state index in [2.05, 4.69) is 146 Å². The van der Waals surface area contributed by atoms with Crippen LogP contribution in [0.5, 0.6) is 0 Å². The summed E-state index contributed by atoms with van der Waals surface area (Å²) in [5.74, 6) is 0. The van der Waals surface area contributed by atoms with Gasteiger partial charge in [0.05, 0.1) is 22.8 Å². The molecule has 0 amide bonds. The fourth-order valence-electron chi connectivity index (χ4n) is 6.34. The number of dihydropyridines is 1. The molecule has 0 fully saturated rings. The van der Waals surface area contributed by atoms with E-state index in [0.29, 0.717) is 0 Å². The first-order valence-electron chi connectivity index (χ1n) is 16.6. The van der Waals surface area contributed by atoms with Crippen molar-refractivity contribution in [2.45, 2.75) is 20.8 Å². The number of para-hydroxylation sites is 1. The van der Waals surface area contributed by atoms with Gasteiger partial charge in [-0.3, -0.25) is 4.98 Å². The molecule has 0 saturated heterocycles. The summed E-state index contributed by atoms with van der Waals surface area (Å²) in [4.78, 5) is 4.76. The first kappa shape index (κ1) is 32.8. The van der Waals surface area contributed by atoms with E-state index in [4.69, 9.17) is 10.7 Å². The highest BCUT2D eigenvalue weighted by Gasteiger charge is 2.21. The van der Waals surface area contributed by atoms with E-state index in [1.807, 2.05) is 37.4 Å². The van der Waals surface area contributed by atoms with Crippen molar-refractivity contribution in [1.29, 1.82) is 0 Å². The van der Waals surface area contributed by atoms with Gasteiger partial charge in [-0.05, 0) is 102 Å². The number of aromatic nitrogens is 2. The second kappa shape index (κ2) is 14.7. The number of allylic oxidation sites excluding steroid dienone is 7. The number of benzene rings is 3. The van der Waals surface area contributed by atoms with Gasteiger partial charge >= 0.3 is 0 Å². The summed E-state index contributed by atoms with van der Waals surface area (Å²) in [6.45, 7) is 15.7. The van der Waals surface area contributed by atoms with E-state index in [1.165, 1.54) is 11.1 Å². The van der Waals surface area contributed by atoms with Crippen LogP contribution in [0.2, 0.25) is 0 Å². The second-order valence-electron chi connectivity index (χ2n) is 12.0. The first-order valence-corrected chi connectivity index (χ1v) is 16.6. The van der Waals surface area contributed by atoms with Gasteiger partial charge in [0.2, 0.25) is 0 Å². The van der Waals surface area contributed by atoms with Crippen LogP contribution in [0.4, 0.5) is 0 Å². The van der Waals surface area contributed by atoms with Crippen molar-refractivity contribution >= 4 is 29.0 Å². The summed E-state index contributed by atoms with van der Waals surface area (Å²) in [6.07, 6.45) is 19.9. The predicted octanol–water partition coefficient (Wildman–Crippen LogP) is 10.6. The Morgan fingerprint density at radius 1 is 0.878 bits per heavy atom. The standard InChI is InChI=1S/C45H42N4/c1-6-14-38(29-46)36-20-18-35(19-21-36)33(7-2)28-44-31(4)32(5)45(49(44)40-15-10-9-11-16-40)41-24-22-37(27-34(41)8-3)39-23-25-43(48-30-39)42-17-12-13-26-47-42/h6-25,27-30,47H,2-3,26,46H2,1,4-5H3/b14-6-,33-28+,38-29+. The molecule has 3 aromatic carbocycles. The van der Waals surface area contributed by atoms with Crippen LogP contribution in [0.1, 0.15) is 46.1 Å². The molecule has 0 atom stereocenters. The summed E-state index contributed by atoms with van der Waals surface area (Å²) in [7, 11) is 0. The number of rotatable bonds is 10. The molecule has 4 heteroatoms. The third-order valence-corrected chi connectivity index (χ3v) is 9.08. The summed E-state index contributed by atoms with van der Waals surface area (Å²) < 4.78 is 2.36. The fraction of sp³-hybridized carbons (Fsp3) is 0.0889. The number of nitrogens with zero attached hydrogens (tertiary/aromatic N) is 2. The van der Waals surface area contributed by atoms with Gasteiger partial charge in [0.15, 0.2) is 0 Å². The maximum Gasteiger partial charge on any atom is 0.0861 e. The molecule has 4 nitrogen and oxygen atoms in total. The Bertz CT molecular complexity index is 2150. The van der Waals surface area contributed by atoms with Crippen molar-refractivity contribution in [3.8, 4) is 28.1 Å². The molecule has 0 saturated carbocycles. The van der Waals surface area contributed by atoms with E-state index in [1.54, 1.807) is 6.20 Å². The second-order valence-corrected chi connectivity index (χ2v) is 12.0. The number of nitrogens with two attached hydrogens (primary N) is 1. The lowest BCUT2D eigenvalue weighted by atomic mass is 9.96. The molecule has 0 unspecified atom stereocenters. The zero-order valence-electron chi connectivity index (χ0n) is 28.4. The summed E-state index contributed by atoms with van der Waals surface area (Å²) in [5.41, 5.74) is 22.1. The third-order valence-electron chi connectivity index (χ3n) is 9.08. The smallest absolute Gasteiger partial charge is 0.0861 e. The molecule has 242 valence electrons. The predicted molar refractivity (Wildman–Crippen MR) is 211 cm³/mol. The van der Waals surface area contributed by atoms with Gasteiger partial charge in [-0.15, -0.1) is 0 Å². The van der Waals surface area contributed by atoms with E-state index >= 15 is 0 Å². The van der Waals surface area contributed by atoms with E-state index in [0.717, 1.165) is 79.5 Å². The van der Waals surface area contributed by atoms with Crippen molar-refractivity contribution in [3.63, 3.8) is 0 Å². The zero-order valence-corrected chi connectivity index (χ0v) is 28.4. The molecule has 3 heterocycles. The molecule has 1 aliphatic rings. The highest BCUT2D eigenvalue weighted by Crippen LogP contribution is 2.39. The van der Waals surface area contributed by atoms with Crippen molar-refractivity contribution in [2.75, 3.05) is 6.54 Å². The molecule has 3 N–H and O–H groups in total. The Balaban J connectivity index is 1.45. The lowest BCUT2D eigenvalue weighted by Crippen LogP contribution is -2.15. The van der Waals surface area contributed by atoms with Crippen molar-refractivity contribution in [1.82, 2.24) is 14.9 Å². The third kappa shape index (κ3) is 6.67. The number of hydrogen-bond acceptors (Lipinski definition) is 3. The highest BCUT2D eigenvalue weighted by atomic mass is 15.0. The minimum atomic E-state index is 0.813.